The summed E-state index contributed by atoms with van der Waals surface area (Å²) in [6.45, 7) is 5.71. The van der Waals surface area contributed by atoms with Gasteiger partial charge < -0.3 is 19.9 Å². The molecule has 5 nitrogen and oxygen atoms in total. The number of nitrogens with zero attached hydrogens (tertiary/aromatic N) is 1. The maximum absolute atomic E-state index is 14.7. The fourth-order valence-corrected chi connectivity index (χ4v) is 5.50. The van der Waals surface area contributed by atoms with Crippen LogP contribution in [0.15, 0.2) is 54.6 Å². The molecule has 0 amide bonds. The second-order valence-corrected chi connectivity index (χ2v) is 10.4. The van der Waals surface area contributed by atoms with E-state index in [-0.39, 0.29) is 11.9 Å². The molecule has 1 aliphatic heterocycles. The summed E-state index contributed by atoms with van der Waals surface area (Å²) in [6.07, 6.45) is 4.84. The van der Waals surface area contributed by atoms with E-state index in [1.807, 2.05) is 24.3 Å². The van der Waals surface area contributed by atoms with Crippen molar-refractivity contribution in [3.8, 4) is 17.2 Å². The summed E-state index contributed by atoms with van der Waals surface area (Å²) in [5.41, 5.74) is 5.80. The highest BCUT2D eigenvalue weighted by Gasteiger charge is 2.23. The first-order valence-electron chi connectivity index (χ1n) is 13.4. The quantitative estimate of drug-likeness (QED) is 0.358. The SMILES string of the molecule is COc1ccc(C2CCc3cc(O)ccc3C2)c(NC(C)Cc2ccc(OCCN3CCC3)c(F)c2)c1. The van der Waals surface area contributed by atoms with Crippen molar-refractivity contribution < 1.29 is 19.0 Å². The zero-order valence-electron chi connectivity index (χ0n) is 21.8. The summed E-state index contributed by atoms with van der Waals surface area (Å²) in [7, 11) is 1.68. The predicted octanol–water partition coefficient (Wildman–Crippen LogP) is 5.94. The van der Waals surface area contributed by atoms with Crippen molar-refractivity contribution >= 4 is 5.69 Å². The molecule has 0 bridgehead atoms. The Balaban J connectivity index is 1.25. The van der Waals surface area contributed by atoms with Gasteiger partial charge in [-0.25, -0.2) is 4.39 Å². The van der Waals surface area contributed by atoms with Crippen LogP contribution in [0.5, 0.6) is 17.2 Å². The minimum atomic E-state index is -0.303. The van der Waals surface area contributed by atoms with Crippen LogP contribution in [0.2, 0.25) is 0 Å². The zero-order chi connectivity index (χ0) is 25.8. The number of hydrogen-bond acceptors (Lipinski definition) is 5. The Bertz CT molecular complexity index is 1230. The molecule has 2 atom stereocenters. The van der Waals surface area contributed by atoms with Gasteiger partial charge in [0.05, 0.1) is 7.11 Å². The van der Waals surface area contributed by atoms with Crippen LogP contribution >= 0.6 is 0 Å². The number of hydrogen-bond donors (Lipinski definition) is 2. The van der Waals surface area contributed by atoms with Crippen molar-refractivity contribution in [3.05, 3.63) is 82.7 Å². The molecule has 1 saturated heterocycles. The smallest absolute Gasteiger partial charge is 0.165 e. The number of ether oxygens (including phenoxy) is 2. The van der Waals surface area contributed by atoms with Crippen molar-refractivity contribution in [2.75, 3.05) is 38.7 Å². The molecule has 0 radical (unpaired) electrons. The van der Waals surface area contributed by atoms with Gasteiger partial charge in [0.15, 0.2) is 11.6 Å². The van der Waals surface area contributed by atoms with E-state index in [9.17, 15) is 9.50 Å². The number of phenolic OH excluding ortho intramolecular Hbond substituents is 1. The number of rotatable bonds is 10. The molecule has 0 saturated carbocycles. The van der Waals surface area contributed by atoms with Crippen LogP contribution in [-0.4, -0.2) is 49.4 Å². The van der Waals surface area contributed by atoms with Crippen LogP contribution in [0.4, 0.5) is 10.1 Å². The van der Waals surface area contributed by atoms with Gasteiger partial charge in [0, 0.05) is 24.3 Å². The topological polar surface area (TPSA) is 54.0 Å². The van der Waals surface area contributed by atoms with E-state index in [2.05, 4.69) is 29.3 Å². The third-order valence-electron chi connectivity index (χ3n) is 7.67. The number of fused-ring (bicyclic) bond motifs is 1. The molecule has 1 fully saturated rings. The van der Waals surface area contributed by atoms with Crippen molar-refractivity contribution in [1.82, 2.24) is 4.90 Å². The minimum Gasteiger partial charge on any atom is -0.508 e. The van der Waals surface area contributed by atoms with E-state index in [0.29, 0.717) is 30.4 Å². The second-order valence-electron chi connectivity index (χ2n) is 10.4. The van der Waals surface area contributed by atoms with Crippen LogP contribution in [0, 0.1) is 5.82 Å². The molecule has 2 aliphatic rings. The molecule has 196 valence electrons. The molecule has 0 aromatic heterocycles. The number of nitrogens with one attached hydrogen (secondary N) is 1. The Hall–Kier alpha value is -3.25. The molecule has 37 heavy (non-hydrogen) atoms. The lowest BCUT2D eigenvalue weighted by Crippen LogP contribution is -2.39. The number of anilines is 1. The fourth-order valence-electron chi connectivity index (χ4n) is 5.50. The monoisotopic (exact) mass is 504 g/mol. The number of halogens is 1. The van der Waals surface area contributed by atoms with Crippen molar-refractivity contribution in [2.24, 2.45) is 0 Å². The first-order chi connectivity index (χ1) is 18.0. The predicted molar refractivity (Wildman–Crippen MR) is 146 cm³/mol. The standard InChI is InChI=1S/C31H37FN2O3/c1-21(16-22-4-11-31(29(32)17-22)37-15-14-34-12-3-13-34)33-30-20-27(36-2)9-10-28(30)25-6-5-24-19-26(35)8-7-23(24)18-25/h4,7-11,17,19-21,25,33,35H,3,5-6,12-16,18H2,1-2H3. The molecule has 6 heteroatoms. The van der Waals surface area contributed by atoms with Gasteiger partial charge in [-0.3, -0.25) is 4.90 Å². The average molecular weight is 505 g/mol. The van der Waals surface area contributed by atoms with Gasteiger partial charge in [-0.05, 0) is 111 Å². The van der Waals surface area contributed by atoms with Crippen LogP contribution < -0.4 is 14.8 Å². The van der Waals surface area contributed by atoms with Gasteiger partial charge in [0.1, 0.15) is 18.1 Å². The van der Waals surface area contributed by atoms with E-state index in [0.717, 1.165) is 55.9 Å². The maximum atomic E-state index is 14.7. The molecule has 1 aliphatic carbocycles. The summed E-state index contributed by atoms with van der Waals surface area (Å²) < 4.78 is 25.9. The molecular formula is C31H37FN2O3. The Morgan fingerprint density at radius 3 is 2.70 bits per heavy atom. The number of methoxy groups -OCH3 is 1. The third kappa shape index (κ3) is 6.19. The van der Waals surface area contributed by atoms with Crippen LogP contribution in [0.25, 0.3) is 0 Å². The number of aromatic hydroxyl groups is 1. The van der Waals surface area contributed by atoms with Gasteiger partial charge in [-0.15, -0.1) is 0 Å². The summed E-state index contributed by atoms with van der Waals surface area (Å²) in [6, 6.07) is 17.4. The highest BCUT2D eigenvalue weighted by molar-refractivity contribution is 5.58. The zero-order valence-corrected chi connectivity index (χ0v) is 21.8. The van der Waals surface area contributed by atoms with Crippen molar-refractivity contribution in [2.45, 2.75) is 51.0 Å². The molecule has 3 aromatic carbocycles. The number of likely N-dealkylation sites (tertiary alicyclic amines) is 1. The van der Waals surface area contributed by atoms with Crippen LogP contribution in [0.3, 0.4) is 0 Å². The van der Waals surface area contributed by atoms with Crippen molar-refractivity contribution in [1.29, 1.82) is 0 Å². The fraction of sp³-hybridized carbons (Fsp3) is 0.419. The summed E-state index contributed by atoms with van der Waals surface area (Å²) in [5, 5.41) is 13.5. The number of phenols is 1. The minimum absolute atomic E-state index is 0.0938. The third-order valence-corrected chi connectivity index (χ3v) is 7.67. The maximum Gasteiger partial charge on any atom is 0.165 e. The molecule has 1 heterocycles. The molecule has 3 aromatic rings. The molecular weight excluding hydrogens is 467 g/mol. The second kappa shape index (κ2) is 11.4. The molecule has 5 rings (SSSR count). The first-order valence-corrected chi connectivity index (χ1v) is 13.4. The summed E-state index contributed by atoms with van der Waals surface area (Å²) >= 11 is 0. The van der Waals surface area contributed by atoms with E-state index in [4.69, 9.17) is 9.47 Å². The Labute approximate surface area is 219 Å². The lowest BCUT2D eigenvalue weighted by molar-refractivity contribution is 0.145. The Morgan fingerprint density at radius 2 is 1.95 bits per heavy atom. The summed E-state index contributed by atoms with van der Waals surface area (Å²) in [5.74, 6) is 1.54. The highest BCUT2D eigenvalue weighted by Crippen LogP contribution is 2.38. The van der Waals surface area contributed by atoms with Crippen molar-refractivity contribution in [3.63, 3.8) is 0 Å². The Kier molecular flexibility index (Phi) is 7.85. The van der Waals surface area contributed by atoms with Gasteiger partial charge in [-0.1, -0.05) is 18.2 Å². The molecule has 2 unspecified atom stereocenters. The van der Waals surface area contributed by atoms with Gasteiger partial charge in [-0.2, -0.15) is 0 Å². The number of benzene rings is 3. The summed E-state index contributed by atoms with van der Waals surface area (Å²) in [4.78, 5) is 2.31. The lowest BCUT2D eigenvalue weighted by atomic mass is 9.79. The first kappa shape index (κ1) is 25.4. The van der Waals surface area contributed by atoms with E-state index in [1.165, 1.54) is 23.1 Å². The van der Waals surface area contributed by atoms with E-state index >= 15 is 0 Å². The number of aryl methyl sites for hydroxylation is 1. The van der Waals surface area contributed by atoms with Crippen LogP contribution in [-0.2, 0) is 19.3 Å². The lowest BCUT2D eigenvalue weighted by Gasteiger charge is -2.30. The van der Waals surface area contributed by atoms with Gasteiger partial charge >= 0.3 is 0 Å². The average Bonchev–Trinajstić information content (AvgIpc) is 2.86. The van der Waals surface area contributed by atoms with E-state index in [1.54, 1.807) is 25.3 Å². The highest BCUT2D eigenvalue weighted by atomic mass is 19.1. The van der Waals surface area contributed by atoms with E-state index < -0.39 is 0 Å². The van der Waals surface area contributed by atoms with Gasteiger partial charge in [0.25, 0.3) is 0 Å². The molecule has 0 spiro atoms. The Morgan fingerprint density at radius 1 is 1.08 bits per heavy atom. The normalized spacial score (nSPS) is 18.0. The van der Waals surface area contributed by atoms with Gasteiger partial charge in [0.2, 0.25) is 0 Å². The largest absolute Gasteiger partial charge is 0.508 e. The molecule has 2 N–H and O–H groups in total. The van der Waals surface area contributed by atoms with Crippen LogP contribution in [0.1, 0.15) is 47.9 Å².